The van der Waals surface area contributed by atoms with E-state index in [0.717, 1.165) is 18.9 Å². The second-order valence-electron chi connectivity index (χ2n) is 5.37. The largest absolute Gasteiger partial charge is 0.491 e. The van der Waals surface area contributed by atoms with Crippen molar-refractivity contribution in [3.63, 3.8) is 0 Å². The number of carboxylic acid groups (broad SMARTS) is 1. The molecule has 122 valence electrons. The lowest BCUT2D eigenvalue weighted by Crippen LogP contribution is -2.19. The van der Waals surface area contributed by atoms with Crippen LogP contribution in [0.4, 0.5) is 4.39 Å². The van der Waals surface area contributed by atoms with Crippen molar-refractivity contribution >= 4 is 16.9 Å². The van der Waals surface area contributed by atoms with Crippen molar-refractivity contribution in [1.82, 2.24) is 4.57 Å². The van der Waals surface area contributed by atoms with Crippen LogP contribution < -0.4 is 14.9 Å². The van der Waals surface area contributed by atoms with Gasteiger partial charge in [-0.25, -0.2) is 9.18 Å². The number of carboxylic acids is 1. The summed E-state index contributed by atoms with van der Waals surface area (Å²) in [6.07, 6.45) is 3.03. The fraction of sp³-hybridized carbons (Fsp3) is 0.375. The Bertz CT molecular complexity index is 854. The van der Waals surface area contributed by atoms with Gasteiger partial charge < -0.3 is 19.1 Å². The Morgan fingerprint density at radius 3 is 2.65 bits per heavy atom. The lowest BCUT2D eigenvalue weighted by molar-refractivity contribution is 0.0695. The van der Waals surface area contributed by atoms with Gasteiger partial charge in [0.2, 0.25) is 5.43 Å². The zero-order valence-corrected chi connectivity index (χ0v) is 12.8. The molecule has 0 aliphatic heterocycles. The van der Waals surface area contributed by atoms with E-state index >= 15 is 0 Å². The van der Waals surface area contributed by atoms with E-state index in [1.54, 1.807) is 11.5 Å². The van der Waals surface area contributed by atoms with E-state index in [-0.39, 0.29) is 35.1 Å². The molecular formula is C16H16FNO5. The Labute approximate surface area is 131 Å². The molecule has 1 aromatic heterocycles. The van der Waals surface area contributed by atoms with Crippen molar-refractivity contribution in [1.29, 1.82) is 0 Å². The summed E-state index contributed by atoms with van der Waals surface area (Å²) in [5.41, 5.74) is -0.741. The molecule has 1 fully saturated rings. The first-order valence-electron chi connectivity index (χ1n) is 7.31. The molecule has 0 spiro atoms. The Hall–Kier alpha value is -2.57. The summed E-state index contributed by atoms with van der Waals surface area (Å²) in [6, 6.07) is 1.10. The first-order chi connectivity index (χ1) is 11.0. The number of nitrogens with zero attached hydrogens (tertiary/aromatic N) is 1. The predicted octanol–water partition coefficient (Wildman–Crippen LogP) is 2.58. The van der Waals surface area contributed by atoms with Crippen LogP contribution in [-0.4, -0.2) is 29.4 Å². The number of rotatable bonds is 5. The molecule has 1 N–H and O–H groups in total. The van der Waals surface area contributed by atoms with Crippen LogP contribution in [-0.2, 0) is 0 Å². The van der Waals surface area contributed by atoms with E-state index in [4.69, 9.17) is 9.47 Å². The summed E-state index contributed by atoms with van der Waals surface area (Å²) < 4.78 is 26.6. The molecule has 1 aliphatic carbocycles. The molecular weight excluding hydrogens is 305 g/mol. The third-order valence-corrected chi connectivity index (χ3v) is 3.84. The van der Waals surface area contributed by atoms with Crippen LogP contribution in [0.1, 0.15) is 36.2 Å². The van der Waals surface area contributed by atoms with Crippen molar-refractivity contribution in [3.05, 3.63) is 33.9 Å². The molecule has 7 heteroatoms. The standard InChI is InChI=1S/C16H16FNO5/c1-3-23-14-11(17)6-9-12(15(14)22-2)18(8-4-5-8)7-10(13(9)19)16(20)21/h6-8H,3-5H2,1-2H3,(H,20,21). The molecule has 1 heterocycles. The van der Waals surface area contributed by atoms with Gasteiger partial charge in [-0.2, -0.15) is 0 Å². The van der Waals surface area contributed by atoms with E-state index in [1.165, 1.54) is 13.3 Å². The second-order valence-corrected chi connectivity index (χ2v) is 5.37. The number of aromatic nitrogens is 1. The number of fused-ring (bicyclic) bond motifs is 1. The molecule has 0 saturated heterocycles. The van der Waals surface area contributed by atoms with Crippen molar-refractivity contribution in [3.8, 4) is 11.5 Å². The van der Waals surface area contributed by atoms with Gasteiger partial charge in [-0.1, -0.05) is 0 Å². The van der Waals surface area contributed by atoms with Gasteiger partial charge in [0.1, 0.15) is 5.56 Å². The molecule has 2 aromatic rings. The highest BCUT2D eigenvalue weighted by atomic mass is 19.1. The lowest BCUT2D eigenvalue weighted by atomic mass is 10.1. The fourth-order valence-electron chi connectivity index (χ4n) is 2.70. The molecule has 1 saturated carbocycles. The van der Waals surface area contributed by atoms with E-state index in [9.17, 15) is 19.1 Å². The normalized spacial score (nSPS) is 14.0. The average Bonchev–Trinajstić information content (AvgIpc) is 3.33. The maximum Gasteiger partial charge on any atom is 0.341 e. The first kappa shape index (κ1) is 15.3. The molecule has 0 bridgehead atoms. The summed E-state index contributed by atoms with van der Waals surface area (Å²) in [7, 11) is 1.36. The topological polar surface area (TPSA) is 77.8 Å². The van der Waals surface area contributed by atoms with Crippen LogP contribution in [0.3, 0.4) is 0 Å². The Kier molecular flexibility index (Phi) is 3.71. The zero-order chi connectivity index (χ0) is 16.7. The number of hydrogen-bond donors (Lipinski definition) is 1. The number of pyridine rings is 1. The van der Waals surface area contributed by atoms with Crippen LogP contribution >= 0.6 is 0 Å². The number of aromatic carboxylic acids is 1. The third-order valence-electron chi connectivity index (χ3n) is 3.84. The molecule has 1 aromatic carbocycles. The summed E-state index contributed by atoms with van der Waals surface area (Å²) in [5.74, 6) is -2.04. The van der Waals surface area contributed by atoms with Gasteiger partial charge in [-0.3, -0.25) is 4.79 Å². The maximum absolute atomic E-state index is 14.3. The van der Waals surface area contributed by atoms with Crippen molar-refractivity contribution in [2.45, 2.75) is 25.8 Å². The summed E-state index contributed by atoms with van der Waals surface area (Å²) in [6.45, 7) is 1.95. The third kappa shape index (κ3) is 2.42. The first-order valence-corrected chi connectivity index (χ1v) is 7.31. The Morgan fingerprint density at radius 1 is 1.43 bits per heavy atom. The van der Waals surface area contributed by atoms with Crippen LogP contribution in [0, 0.1) is 5.82 Å². The SMILES string of the molecule is CCOc1c(F)cc2c(=O)c(C(=O)O)cn(C3CC3)c2c1OC. The van der Waals surface area contributed by atoms with Crippen molar-refractivity contribution in [2.75, 3.05) is 13.7 Å². The number of methoxy groups -OCH3 is 1. The van der Waals surface area contributed by atoms with E-state index in [2.05, 4.69) is 0 Å². The van der Waals surface area contributed by atoms with E-state index in [0.29, 0.717) is 5.52 Å². The van der Waals surface area contributed by atoms with Crippen LogP contribution in [0.15, 0.2) is 17.1 Å². The van der Waals surface area contributed by atoms with E-state index in [1.807, 2.05) is 0 Å². The highest BCUT2D eigenvalue weighted by Crippen LogP contribution is 2.43. The Balaban J connectivity index is 2.46. The quantitative estimate of drug-likeness (QED) is 0.916. The minimum atomic E-state index is -1.33. The van der Waals surface area contributed by atoms with Gasteiger partial charge in [0.05, 0.1) is 24.6 Å². The zero-order valence-electron chi connectivity index (χ0n) is 12.8. The summed E-state index contributed by atoms with van der Waals surface area (Å²) >= 11 is 0. The Morgan fingerprint density at radius 2 is 2.13 bits per heavy atom. The molecule has 23 heavy (non-hydrogen) atoms. The summed E-state index contributed by atoms with van der Waals surface area (Å²) in [4.78, 5) is 23.7. The minimum absolute atomic E-state index is 0.0189. The van der Waals surface area contributed by atoms with Crippen LogP contribution in [0.2, 0.25) is 0 Å². The van der Waals surface area contributed by atoms with Crippen molar-refractivity contribution < 1.29 is 23.8 Å². The van der Waals surface area contributed by atoms with Gasteiger partial charge in [0.15, 0.2) is 17.3 Å². The van der Waals surface area contributed by atoms with Gasteiger partial charge in [-0.05, 0) is 25.8 Å². The molecule has 0 radical (unpaired) electrons. The van der Waals surface area contributed by atoms with Gasteiger partial charge in [0.25, 0.3) is 0 Å². The van der Waals surface area contributed by atoms with E-state index < -0.39 is 17.2 Å². The smallest absolute Gasteiger partial charge is 0.341 e. The van der Waals surface area contributed by atoms with Gasteiger partial charge in [-0.15, -0.1) is 0 Å². The monoisotopic (exact) mass is 321 g/mol. The fourth-order valence-corrected chi connectivity index (χ4v) is 2.70. The van der Waals surface area contributed by atoms with Gasteiger partial charge >= 0.3 is 5.97 Å². The van der Waals surface area contributed by atoms with Crippen LogP contribution in [0.5, 0.6) is 11.5 Å². The van der Waals surface area contributed by atoms with Crippen molar-refractivity contribution in [2.24, 2.45) is 0 Å². The number of halogens is 1. The van der Waals surface area contributed by atoms with Crippen LogP contribution in [0.25, 0.3) is 10.9 Å². The van der Waals surface area contributed by atoms with Gasteiger partial charge in [0, 0.05) is 12.2 Å². The molecule has 0 amide bonds. The molecule has 1 aliphatic rings. The maximum atomic E-state index is 14.3. The number of benzene rings is 1. The number of hydrogen-bond acceptors (Lipinski definition) is 4. The number of carbonyl (C=O) groups is 1. The molecule has 0 unspecified atom stereocenters. The second kappa shape index (κ2) is 5.57. The highest BCUT2D eigenvalue weighted by molar-refractivity contribution is 5.95. The molecule has 0 atom stereocenters. The lowest BCUT2D eigenvalue weighted by Gasteiger charge is -2.17. The summed E-state index contributed by atoms with van der Waals surface area (Å²) in [5, 5.41) is 9.20. The average molecular weight is 321 g/mol. The highest BCUT2D eigenvalue weighted by Gasteiger charge is 2.30. The predicted molar refractivity (Wildman–Crippen MR) is 81.1 cm³/mol. The molecule has 6 nitrogen and oxygen atoms in total. The number of ether oxygens (including phenoxy) is 2. The minimum Gasteiger partial charge on any atom is -0.491 e. The molecule has 3 rings (SSSR count).